The van der Waals surface area contributed by atoms with E-state index in [0.29, 0.717) is 6.04 Å². The maximum absolute atomic E-state index is 5.16. The Kier molecular flexibility index (Phi) is 4.44. The fourth-order valence-electron chi connectivity index (χ4n) is 2.06. The number of aromatic nitrogens is 2. The van der Waals surface area contributed by atoms with Gasteiger partial charge in [0, 0.05) is 18.8 Å². The number of nitrogens with one attached hydrogen (secondary N) is 1. The summed E-state index contributed by atoms with van der Waals surface area (Å²) in [7, 11) is 1.69. The molecule has 0 saturated heterocycles. The van der Waals surface area contributed by atoms with Crippen molar-refractivity contribution >= 4 is 5.69 Å². The van der Waals surface area contributed by atoms with E-state index in [0.717, 1.165) is 24.4 Å². The number of benzene rings is 1. The fourth-order valence-corrected chi connectivity index (χ4v) is 2.06. The van der Waals surface area contributed by atoms with Gasteiger partial charge in [-0.15, -0.1) is 0 Å². The molecule has 0 saturated carbocycles. The van der Waals surface area contributed by atoms with Crippen LogP contribution in [0.5, 0.6) is 5.75 Å². The van der Waals surface area contributed by atoms with Crippen molar-refractivity contribution in [2.24, 2.45) is 0 Å². The Bertz CT molecular complexity index is 504. The van der Waals surface area contributed by atoms with Gasteiger partial charge in [-0.3, -0.25) is 4.68 Å². The zero-order valence-electron chi connectivity index (χ0n) is 11.8. The molecule has 1 aromatic carbocycles. The van der Waals surface area contributed by atoms with E-state index in [1.54, 1.807) is 7.11 Å². The lowest BCUT2D eigenvalue weighted by molar-refractivity contribution is 0.414. The average molecular weight is 259 g/mol. The second kappa shape index (κ2) is 6.27. The summed E-state index contributed by atoms with van der Waals surface area (Å²) in [5.41, 5.74) is 2.37. The molecule has 4 nitrogen and oxygen atoms in total. The van der Waals surface area contributed by atoms with E-state index in [9.17, 15) is 0 Å². The third kappa shape index (κ3) is 3.74. The van der Waals surface area contributed by atoms with Crippen LogP contribution in [0.15, 0.2) is 36.7 Å². The van der Waals surface area contributed by atoms with Crippen molar-refractivity contribution in [2.45, 2.75) is 32.9 Å². The minimum Gasteiger partial charge on any atom is -0.497 e. The lowest BCUT2D eigenvalue weighted by Crippen LogP contribution is -2.17. The van der Waals surface area contributed by atoms with Gasteiger partial charge in [-0.1, -0.05) is 12.1 Å². The van der Waals surface area contributed by atoms with Crippen molar-refractivity contribution < 1.29 is 4.74 Å². The van der Waals surface area contributed by atoms with E-state index in [1.165, 1.54) is 5.56 Å². The normalized spacial score (nSPS) is 12.2. The Labute approximate surface area is 114 Å². The first-order valence-corrected chi connectivity index (χ1v) is 6.63. The van der Waals surface area contributed by atoms with Crippen molar-refractivity contribution in [2.75, 3.05) is 12.4 Å². The quantitative estimate of drug-likeness (QED) is 0.867. The molecule has 0 aliphatic rings. The lowest BCUT2D eigenvalue weighted by atomic mass is 10.1. The summed E-state index contributed by atoms with van der Waals surface area (Å²) in [5, 5.41) is 7.71. The average Bonchev–Trinajstić information content (AvgIpc) is 2.87. The largest absolute Gasteiger partial charge is 0.497 e. The molecule has 2 aromatic rings. The molecule has 0 fully saturated rings. The van der Waals surface area contributed by atoms with E-state index in [2.05, 4.69) is 36.4 Å². The van der Waals surface area contributed by atoms with Gasteiger partial charge in [0.25, 0.3) is 0 Å². The van der Waals surface area contributed by atoms with E-state index >= 15 is 0 Å². The Balaban J connectivity index is 1.90. The molecule has 0 spiro atoms. The highest BCUT2D eigenvalue weighted by molar-refractivity contribution is 5.39. The van der Waals surface area contributed by atoms with Crippen LogP contribution in [0.25, 0.3) is 0 Å². The van der Waals surface area contributed by atoms with Crippen molar-refractivity contribution in [3.63, 3.8) is 0 Å². The molecule has 0 aliphatic heterocycles. The predicted octanol–water partition coefficient (Wildman–Crippen LogP) is 2.95. The van der Waals surface area contributed by atoms with Crippen LogP contribution in [0.1, 0.15) is 19.4 Å². The summed E-state index contributed by atoms with van der Waals surface area (Å²) >= 11 is 0. The maximum atomic E-state index is 5.16. The number of methoxy groups -OCH3 is 1. The molecule has 1 heterocycles. The molecule has 19 heavy (non-hydrogen) atoms. The van der Waals surface area contributed by atoms with Crippen LogP contribution in [0.2, 0.25) is 0 Å². The first kappa shape index (κ1) is 13.5. The van der Waals surface area contributed by atoms with Crippen LogP contribution in [0.3, 0.4) is 0 Å². The Morgan fingerprint density at radius 3 is 2.63 bits per heavy atom. The first-order valence-electron chi connectivity index (χ1n) is 6.63. The van der Waals surface area contributed by atoms with Crippen molar-refractivity contribution in [1.29, 1.82) is 0 Å². The van der Waals surface area contributed by atoms with Gasteiger partial charge >= 0.3 is 0 Å². The minimum absolute atomic E-state index is 0.364. The number of ether oxygens (including phenoxy) is 1. The van der Waals surface area contributed by atoms with E-state index in [1.807, 2.05) is 29.2 Å². The summed E-state index contributed by atoms with van der Waals surface area (Å²) in [5.74, 6) is 0.897. The molecule has 1 aromatic heterocycles. The van der Waals surface area contributed by atoms with Crippen LogP contribution in [0, 0.1) is 0 Å². The minimum atomic E-state index is 0.364. The molecule has 0 aliphatic carbocycles. The topological polar surface area (TPSA) is 39.1 Å². The number of rotatable bonds is 6. The van der Waals surface area contributed by atoms with E-state index < -0.39 is 0 Å². The zero-order chi connectivity index (χ0) is 13.7. The van der Waals surface area contributed by atoms with Crippen LogP contribution >= 0.6 is 0 Å². The van der Waals surface area contributed by atoms with Crippen molar-refractivity contribution in [3.8, 4) is 5.75 Å². The van der Waals surface area contributed by atoms with Gasteiger partial charge < -0.3 is 10.1 Å². The van der Waals surface area contributed by atoms with Crippen LogP contribution < -0.4 is 10.1 Å². The maximum Gasteiger partial charge on any atom is 0.118 e. The first-order chi connectivity index (χ1) is 9.21. The van der Waals surface area contributed by atoms with Crippen LogP contribution in [-0.2, 0) is 13.0 Å². The molecule has 4 heteroatoms. The molecule has 1 unspecified atom stereocenters. The highest BCUT2D eigenvalue weighted by Gasteiger charge is 2.05. The summed E-state index contributed by atoms with van der Waals surface area (Å²) in [6, 6.07) is 8.57. The Hall–Kier alpha value is -1.97. The fraction of sp³-hybridized carbons (Fsp3) is 0.400. The molecule has 0 bridgehead atoms. The molecule has 1 atom stereocenters. The third-order valence-corrected chi connectivity index (χ3v) is 3.07. The molecular weight excluding hydrogens is 238 g/mol. The molecule has 2 rings (SSSR count). The highest BCUT2D eigenvalue weighted by atomic mass is 16.5. The van der Waals surface area contributed by atoms with Crippen molar-refractivity contribution in [1.82, 2.24) is 9.78 Å². The van der Waals surface area contributed by atoms with Gasteiger partial charge in [0.05, 0.1) is 19.0 Å². The molecule has 0 amide bonds. The smallest absolute Gasteiger partial charge is 0.118 e. The van der Waals surface area contributed by atoms with E-state index in [4.69, 9.17) is 4.74 Å². The summed E-state index contributed by atoms with van der Waals surface area (Å²) in [6.45, 7) is 5.15. The second-order valence-electron chi connectivity index (χ2n) is 4.68. The lowest BCUT2D eigenvalue weighted by Gasteiger charge is -2.13. The summed E-state index contributed by atoms with van der Waals surface area (Å²) in [4.78, 5) is 0. The molecular formula is C15H21N3O. The number of aryl methyl sites for hydroxylation is 1. The highest BCUT2D eigenvalue weighted by Crippen LogP contribution is 2.14. The van der Waals surface area contributed by atoms with Crippen LogP contribution in [-0.4, -0.2) is 22.9 Å². The summed E-state index contributed by atoms with van der Waals surface area (Å²) in [6.07, 6.45) is 4.87. The zero-order valence-corrected chi connectivity index (χ0v) is 11.8. The van der Waals surface area contributed by atoms with Crippen molar-refractivity contribution in [3.05, 3.63) is 42.2 Å². The van der Waals surface area contributed by atoms with Crippen LogP contribution in [0.4, 0.5) is 5.69 Å². The van der Waals surface area contributed by atoms with Gasteiger partial charge in [0.2, 0.25) is 0 Å². The second-order valence-corrected chi connectivity index (χ2v) is 4.68. The predicted molar refractivity (Wildman–Crippen MR) is 77.7 cm³/mol. The third-order valence-electron chi connectivity index (χ3n) is 3.07. The standard InChI is InChI=1S/C15H21N3O/c1-4-18-11-14(10-16-18)17-12(2)9-13-5-7-15(19-3)8-6-13/h5-8,10-12,17H,4,9H2,1-3H3. The van der Waals surface area contributed by atoms with Gasteiger partial charge in [-0.05, 0) is 38.0 Å². The Morgan fingerprint density at radius 1 is 1.32 bits per heavy atom. The van der Waals surface area contributed by atoms with Gasteiger partial charge in [-0.2, -0.15) is 5.10 Å². The van der Waals surface area contributed by atoms with Gasteiger partial charge in [0.1, 0.15) is 5.75 Å². The van der Waals surface area contributed by atoms with Gasteiger partial charge in [0.15, 0.2) is 0 Å². The molecule has 1 N–H and O–H groups in total. The molecule has 102 valence electrons. The monoisotopic (exact) mass is 259 g/mol. The SMILES string of the molecule is CCn1cc(NC(C)Cc2ccc(OC)cc2)cn1. The number of anilines is 1. The number of hydrogen-bond donors (Lipinski definition) is 1. The number of nitrogens with zero attached hydrogens (tertiary/aromatic N) is 2. The van der Waals surface area contributed by atoms with Gasteiger partial charge in [-0.25, -0.2) is 0 Å². The number of hydrogen-bond acceptors (Lipinski definition) is 3. The Morgan fingerprint density at radius 2 is 2.05 bits per heavy atom. The summed E-state index contributed by atoms with van der Waals surface area (Å²) < 4.78 is 7.08. The van der Waals surface area contributed by atoms with E-state index in [-0.39, 0.29) is 0 Å². The molecule has 0 radical (unpaired) electrons.